The lowest BCUT2D eigenvalue weighted by Gasteiger charge is -2.35. The summed E-state index contributed by atoms with van der Waals surface area (Å²) in [5.74, 6) is 0.0385. The van der Waals surface area contributed by atoms with Crippen molar-refractivity contribution in [3.05, 3.63) is 21.6 Å². The molecule has 0 bridgehead atoms. The smallest absolute Gasteiger partial charge is 0.240 e. The van der Waals surface area contributed by atoms with Crippen molar-refractivity contribution in [1.29, 1.82) is 0 Å². The minimum atomic E-state index is -0.515. The van der Waals surface area contributed by atoms with E-state index >= 15 is 0 Å². The summed E-state index contributed by atoms with van der Waals surface area (Å²) in [4.78, 5) is 25.3. The topological polar surface area (TPSA) is 78.4 Å². The molecular formula is C19H28N4O2S2. The average molecular weight is 409 g/mol. The summed E-state index contributed by atoms with van der Waals surface area (Å²) < 4.78 is 0. The molecule has 8 heteroatoms. The quantitative estimate of drug-likeness (QED) is 0.794. The van der Waals surface area contributed by atoms with Gasteiger partial charge in [-0.05, 0) is 18.9 Å². The van der Waals surface area contributed by atoms with Crippen molar-refractivity contribution in [1.82, 2.24) is 20.2 Å². The molecule has 0 aliphatic carbocycles. The molecule has 3 atom stereocenters. The number of aliphatic hydroxyl groups is 1. The van der Waals surface area contributed by atoms with Crippen LogP contribution in [0.25, 0.3) is 10.6 Å². The molecule has 2 aromatic rings. The molecule has 3 heterocycles. The van der Waals surface area contributed by atoms with Crippen LogP contribution in [0, 0.1) is 12.3 Å². The molecule has 1 saturated heterocycles. The number of carbonyl (C=O) groups excluding carboxylic acids is 1. The normalized spacial score (nSPS) is 21.6. The van der Waals surface area contributed by atoms with Crippen LogP contribution in [0.2, 0.25) is 0 Å². The fraction of sp³-hybridized carbons (Fsp3) is 0.632. The Morgan fingerprint density at radius 1 is 1.44 bits per heavy atom. The molecule has 0 saturated carbocycles. The second-order valence-electron chi connectivity index (χ2n) is 8.09. The number of aryl methyl sites for hydroxylation is 1. The lowest BCUT2D eigenvalue weighted by atomic mass is 9.85. The van der Waals surface area contributed by atoms with E-state index in [2.05, 4.69) is 31.1 Å². The zero-order chi connectivity index (χ0) is 19.8. The first-order valence-corrected chi connectivity index (χ1v) is 11.1. The van der Waals surface area contributed by atoms with E-state index in [-0.39, 0.29) is 23.4 Å². The van der Waals surface area contributed by atoms with Crippen LogP contribution in [0.15, 0.2) is 10.9 Å². The van der Waals surface area contributed by atoms with Crippen molar-refractivity contribution in [2.75, 3.05) is 13.1 Å². The van der Waals surface area contributed by atoms with Gasteiger partial charge in [-0.2, -0.15) is 0 Å². The van der Waals surface area contributed by atoms with Crippen LogP contribution in [-0.2, 0) is 4.79 Å². The number of likely N-dealkylation sites (N-methyl/N-ethyl adjacent to an activating group) is 1. The Morgan fingerprint density at radius 2 is 2.19 bits per heavy atom. The lowest BCUT2D eigenvalue weighted by molar-refractivity contribution is -0.137. The summed E-state index contributed by atoms with van der Waals surface area (Å²) in [6.07, 6.45) is 0.0160. The number of hydrogen-bond acceptors (Lipinski definition) is 7. The highest BCUT2D eigenvalue weighted by atomic mass is 32.1. The molecular weight excluding hydrogens is 380 g/mol. The summed E-state index contributed by atoms with van der Waals surface area (Å²) in [6, 6.07) is -0.471. The molecule has 1 fully saturated rings. The van der Waals surface area contributed by atoms with Crippen molar-refractivity contribution < 1.29 is 9.90 Å². The minimum Gasteiger partial charge on any atom is -0.391 e. The van der Waals surface area contributed by atoms with E-state index in [0.29, 0.717) is 13.0 Å². The molecule has 1 aliphatic heterocycles. The van der Waals surface area contributed by atoms with Gasteiger partial charge in [0.25, 0.3) is 0 Å². The van der Waals surface area contributed by atoms with Gasteiger partial charge in [0, 0.05) is 18.3 Å². The summed E-state index contributed by atoms with van der Waals surface area (Å²) in [6.45, 7) is 11.3. The van der Waals surface area contributed by atoms with Gasteiger partial charge in [-0.25, -0.2) is 9.97 Å². The molecule has 6 nitrogen and oxygen atoms in total. The van der Waals surface area contributed by atoms with E-state index in [9.17, 15) is 9.90 Å². The third-order valence-electron chi connectivity index (χ3n) is 4.87. The number of aromatic nitrogens is 2. The summed E-state index contributed by atoms with van der Waals surface area (Å²) >= 11 is 3.13. The van der Waals surface area contributed by atoms with Crippen LogP contribution in [-0.4, -0.2) is 51.1 Å². The van der Waals surface area contributed by atoms with E-state index in [0.717, 1.165) is 27.8 Å². The lowest BCUT2D eigenvalue weighted by Crippen LogP contribution is -2.53. The van der Waals surface area contributed by atoms with Gasteiger partial charge in [0.05, 0.1) is 40.0 Å². The maximum Gasteiger partial charge on any atom is 0.240 e. The fourth-order valence-corrected chi connectivity index (χ4v) is 5.29. The molecule has 0 radical (unpaired) electrons. The number of rotatable bonds is 5. The highest BCUT2D eigenvalue weighted by Crippen LogP contribution is 2.38. The first kappa shape index (κ1) is 20.4. The van der Waals surface area contributed by atoms with Gasteiger partial charge in [0.1, 0.15) is 5.01 Å². The van der Waals surface area contributed by atoms with Gasteiger partial charge in [-0.3, -0.25) is 4.79 Å². The van der Waals surface area contributed by atoms with Crippen molar-refractivity contribution in [3.8, 4) is 10.6 Å². The van der Waals surface area contributed by atoms with Gasteiger partial charge in [0.15, 0.2) is 0 Å². The monoisotopic (exact) mass is 408 g/mol. The Bertz CT molecular complexity index is 796. The first-order chi connectivity index (χ1) is 12.7. The zero-order valence-electron chi connectivity index (χ0n) is 16.5. The van der Waals surface area contributed by atoms with E-state index in [4.69, 9.17) is 4.98 Å². The number of carbonyl (C=O) groups is 1. The van der Waals surface area contributed by atoms with Crippen molar-refractivity contribution in [2.24, 2.45) is 5.41 Å². The van der Waals surface area contributed by atoms with E-state index in [1.165, 1.54) is 0 Å². The highest BCUT2D eigenvalue weighted by Gasteiger charge is 2.42. The SMILES string of the molecule is CCN[C@H](C(=O)N1C[C@H](O)C[C@H]1c1nc(-c2scnc2C)cs1)C(C)(C)C. The number of hydrogen-bond donors (Lipinski definition) is 2. The Morgan fingerprint density at radius 3 is 2.78 bits per heavy atom. The molecule has 2 N–H and O–H groups in total. The van der Waals surface area contributed by atoms with Gasteiger partial charge < -0.3 is 15.3 Å². The fourth-order valence-electron chi connectivity index (χ4n) is 3.52. The first-order valence-electron chi connectivity index (χ1n) is 9.30. The maximum absolute atomic E-state index is 13.3. The van der Waals surface area contributed by atoms with Crippen molar-refractivity contribution in [3.63, 3.8) is 0 Å². The van der Waals surface area contributed by atoms with Crippen LogP contribution in [0.5, 0.6) is 0 Å². The number of nitrogens with zero attached hydrogens (tertiary/aromatic N) is 3. The van der Waals surface area contributed by atoms with E-state index in [1.54, 1.807) is 22.7 Å². The largest absolute Gasteiger partial charge is 0.391 e. The second kappa shape index (κ2) is 7.95. The van der Waals surface area contributed by atoms with Gasteiger partial charge in [-0.1, -0.05) is 27.7 Å². The van der Waals surface area contributed by atoms with Crippen LogP contribution in [0.1, 0.15) is 50.9 Å². The Balaban J connectivity index is 1.87. The van der Waals surface area contributed by atoms with E-state index < -0.39 is 6.10 Å². The number of amides is 1. The Labute approximate surface area is 168 Å². The van der Waals surface area contributed by atoms with Crippen LogP contribution < -0.4 is 5.32 Å². The number of aliphatic hydroxyl groups excluding tert-OH is 1. The van der Waals surface area contributed by atoms with Crippen molar-refractivity contribution in [2.45, 2.75) is 59.2 Å². The van der Waals surface area contributed by atoms with Crippen molar-refractivity contribution >= 4 is 28.6 Å². The predicted octanol–water partition coefficient (Wildman–Crippen LogP) is 3.23. The maximum atomic E-state index is 13.3. The minimum absolute atomic E-state index is 0.0385. The number of likely N-dealkylation sites (tertiary alicyclic amines) is 1. The average Bonchev–Trinajstić information content (AvgIpc) is 3.29. The van der Waals surface area contributed by atoms with Gasteiger partial charge in [-0.15, -0.1) is 22.7 Å². The Kier molecular flexibility index (Phi) is 6.00. The molecule has 27 heavy (non-hydrogen) atoms. The Hall–Kier alpha value is -1.35. The third kappa shape index (κ3) is 4.23. The molecule has 0 aromatic carbocycles. The summed E-state index contributed by atoms with van der Waals surface area (Å²) in [5, 5.41) is 16.5. The molecule has 1 amide bonds. The third-order valence-corrected chi connectivity index (χ3v) is 6.77. The predicted molar refractivity (Wildman–Crippen MR) is 110 cm³/mol. The molecule has 0 spiro atoms. The van der Waals surface area contributed by atoms with Crippen LogP contribution in [0.4, 0.5) is 0 Å². The van der Waals surface area contributed by atoms with Crippen LogP contribution in [0.3, 0.4) is 0 Å². The molecule has 2 aromatic heterocycles. The molecule has 1 aliphatic rings. The standard InChI is InChI=1S/C19H28N4O2S2/c1-6-20-16(19(3,4)5)18(25)23-8-12(24)7-14(23)17-22-13(9-26-17)15-11(2)21-10-27-15/h9-10,12,14,16,20,24H,6-8H2,1-5H3/t12-,14+,16-/m1/s1. The van der Waals surface area contributed by atoms with Gasteiger partial charge >= 0.3 is 0 Å². The molecule has 3 rings (SSSR count). The van der Waals surface area contributed by atoms with Gasteiger partial charge in [0.2, 0.25) is 5.91 Å². The number of nitrogens with one attached hydrogen (secondary N) is 1. The summed E-state index contributed by atoms with van der Waals surface area (Å²) in [7, 11) is 0. The molecule has 0 unspecified atom stereocenters. The number of thiazole rings is 2. The van der Waals surface area contributed by atoms with Crippen LogP contribution >= 0.6 is 22.7 Å². The zero-order valence-corrected chi connectivity index (χ0v) is 18.2. The second-order valence-corrected chi connectivity index (χ2v) is 9.83. The summed E-state index contributed by atoms with van der Waals surface area (Å²) in [5.41, 5.74) is 3.49. The highest BCUT2D eigenvalue weighted by molar-refractivity contribution is 7.14. The van der Waals surface area contributed by atoms with E-state index in [1.807, 2.05) is 29.6 Å². The molecule has 148 valence electrons. The number of β-amino-alcohol motifs (C(OH)–C–C–N with tert-alkyl or cyclic N) is 1.